The zero-order valence-corrected chi connectivity index (χ0v) is 10.8. The number of rotatable bonds is 4. The van der Waals surface area contributed by atoms with Crippen molar-refractivity contribution in [1.82, 2.24) is 10.2 Å². The Morgan fingerprint density at radius 1 is 1.47 bits per heavy atom. The van der Waals surface area contributed by atoms with Crippen LogP contribution in [-0.4, -0.2) is 59.6 Å². The van der Waals surface area contributed by atoms with E-state index in [1.54, 1.807) is 6.92 Å². The number of carbonyl (C=O) groups is 3. The van der Waals surface area contributed by atoms with E-state index in [2.05, 4.69) is 5.32 Å². The monoisotopic (exact) mass is 270 g/mol. The first kappa shape index (κ1) is 13.8. The molecule has 0 aromatic carbocycles. The van der Waals surface area contributed by atoms with Gasteiger partial charge in [-0.2, -0.15) is 0 Å². The van der Waals surface area contributed by atoms with E-state index >= 15 is 0 Å². The number of carboxylic acid groups (broad SMARTS) is 1. The molecule has 2 heterocycles. The number of hydrogen-bond donors (Lipinski definition) is 2. The van der Waals surface area contributed by atoms with Crippen molar-refractivity contribution in [1.29, 1.82) is 0 Å². The van der Waals surface area contributed by atoms with Crippen LogP contribution in [0.5, 0.6) is 0 Å². The van der Waals surface area contributed by atoms with E-state index in [0.717, 1.165) is 0 Å². The molecule has 0 saturated carbocycles. The molecule has 0 aliphatic carbocycles. The molecule has 0 bridgehead atoms. The molecule has 2 aliphatic rings. The van der Waals surface area contributed by atoms with E-state index in [4.69, 9.17) is 9.84 Å². The number of aliphatic carboxylic acids is 1. The van der Waals surface area contributed by atoms with Gasteiger partial charge in [0.2, 0.25) is 11.8 Å². The zero-order chi connectivity index (χ0) is 14.0. The highest BCUT2D eigenvalue weighted by atomic mass is 16.5. The fourth-order valence-electron chi connectivity index (χ4n) is 2.64. The number of likely N-dealkylation sites (N-methyl/N-ethyl adjacent to an activating group) is 1. The summed E-state index contributed by atoms with van der Waals surface area (Å²) in [6.07, 6.45) is 0.816. The minimum atomic E-state index is -0.954. The molecule has 2 aliphatic heterocycles. The largest absolute Gasteiger partial charge is 0.481 e. The second kappa shape index (κ2) is 5.56. The molecule has 0 aromatic rings. The van der Waals surface area contributed by atoms with Gasteiger partial charge >= 0.3 is 5.97 Å². The van der Waals surface area contributed by atoms with Gasteiger partial charge in [-0.25, -0.2) is 0 Å². The lowest BCUT2D eigenvalue weighted by Gasteiger charge is -2.31. The second-order valence-electron chi connectivity index (χ2n) is 4.83. The molecule has 2 rings (SSSR count). The predicted molar refractivity (Wildman–Crippen MR) is 64.3 cm³/mol. The van der Waals surface area contributed by atoms with Crippen molar-refractivity contribution >= 4 is 17.8 Å². The summed E-state index contributed by atoms with van der Waals surface area (Å²) in [5.41, 5.74) is 0. The number of nitrogens with one attached hydrogen (secondary N) is 1. The predicted octanol–water partition coefficient (Wildman–Crippen LogP) is -0.787. The summed E-state index contributed by atoms with van der Waals surface area (Å²) in [6.45, 7) is 2.56. The van der Waals surface area contributed by atoms with Gasteiger partial charge in [-0.15, -0.1) is 0 Å². The van der Waals surface area contributed by atoms with Crippen LogP contribution in [0.25, 0.3) is 0 Å². The third kappa shape index (κ3) is 2.70. The Morgan fingerprint density at radius 3 is 2.74 bits per heavy atom. The normalized spacial score (nSPS) is 30.2. The lowest BCUT2D eigenvalue weighted by atomic mass is 10.0. The summed E-state index contributed by atoms with van der Waals surface area (Å²) >= 11 is 0. The molecule has 2 N–H and O–H groups in total. The highest BCUT2D eigenvalue weighted by molar-refractivity contribution is 5.91. The van der Waals surface area contributed by atoms with Crippen molar-refractivity contribution in [2.75, 3.05) is 19.8 Å². The quantitative estimate of drug-likeness (QED) is 0.698. The fourth-order valence-corrected chi connectivity index (χ4v) is 2.64. The van der Waals surface area contributed by atoms with Gasteiger partial charge < -0.3 is 20.1 Å². The average Bonchev–Trinajstić information content (AvgIpc) is 2.98. The number of carboxylic acids is 1. The molecule has 0 spiro atoms. The molecule has 3 atom stereocenters. The molecule has 2 unspecified atom stereocenters. The number of amides is 2. The number of ether oxygens (including phenoxy) is 1. The Hall–Kier alpha value is -1.63. The standard InChI is InChI=1S/C12H18N2O5/c1-2-14(9-6-19-5-7(9)12(17)18)11(16)8-3-4-10(15)13-8/h7-9H,2-6H2,1H3,(H,13,15)(H,17,18)/t7?,8-,9?/m1/s1. The Bertz CT molecular complexity index is 398. The molecule has 7 nitrogen and oxygen atoms in total. The van der Waals surface area contributed by atoms with Crippen LogP contribution in [0.2, 0.25) is 0 Å². The maximum Gasteiger partial charge on any atom is 0.311 e. The van der Waals surface area contributed by atoms with Gasteiger partial charge in [0, 0.05) is 13.0 Å². The Balaban J connectivity index is 2.08. The summed E-state index contributed by atoms with van der Waals surface area (Å²) in [5, 5.41) is 11.7. The van der Waals surface area contributed by atoms with Crippen LogP contribution in [-0.2, 0) is 19.1 Å². The van der Waals surface area contributed by atoms with Crippen LogP contribution in [0.4, 0.5) is 0 Å². The van der Waals surface area contributed by atoms with Gasteiger partial charge in [-0.05, 0) is 13.3 Å². The molecule has 106 valence electrons. The summed E-state index contributed by atoms with van der Waals surface area (Å²) < 4.78 is 5.19. The SMILES string of the molecule is CCN(C(=O)[C@H]1CCC(=O)N1)C1COCC1C(=O)O. The van der Waals surface area contributed by atoms with Crippen molar-refractivity contribution < 1.29 is 24.2 Å². The fraction of sp³-hybridized carbons (Fsp3) is 0.750. The van der Waals surface area contributed by atoms with Crippen LogP contribution in [0, 0.1) is 5.92 Å². The van der Waals surface area contributed by atoms with Crippen molar-refractivity contribution in [2.45, 2.75) is 31.8 Å². The molecule has 2 amide bonds. The van der Waals surface area contributed by atoms with Gasteiger partial charge in [0.15, 0.2) is 0 Å². The van der Waals surface area contributed by atoms with Gasteiger partial charge in [-0.3, -0.25) is 14.4 Å². The summed E-state index contributed by atoms with van der Waals surface area (Å²) in [6, 6.07) is -0.977. The van der Waals surface area contributed by atoms with Crippen LogP contribution < -0.4 is 5.32 Å². The Morgan fingerprint density at radius 2 is 2.21 bits per heavy atom. The van der Waals surface area contributed by atoms with E-state index in [-0.39, 0.29) is 25.0 Å². The molecule has 7 heteroatoms. The van der Waals surface area contributed by atoms with E-state index in [1.165, 1.54) is 4.90 Å². The molecule has 2 saturated heterocycles. The summed E-state index contributed by atoms with van der Waals surface area (Å²) in [5.74, 6) is -1.99. The van der Waals surface area contributed by atoms with Gasteiger partial charge in [-0.1, -0.05) is 0 Å². The lowest BCUT2D eigenvalue weighted by molar-refractivity contribution is -0.145. The molecule has 0 radical (unpaired) electrons. The minimum absolute atomic E-state index is 0.126. The van der Waals surface area contributed by atoms with Crippen molar-refractivity contribution in [2.24, 2.45) is 5.92 Å². The van der Waals surface area contributed by atoms with Crippen molar-refractivity contribution in [3.05, 3.63) is 0 Å². The van der Waals surface area contributed by atoms with E-state index in [1.807, 2.05) is 0 Å². The van der Waals surface area contributed by atoms with Crippen LogP contribution in [0.1, 0.15) is 19.8 Å². The molecule has 0 aromatic heterocycles. The molecule has 19 heavy (non-hydrogen) atoms. The van der Waals surface area contributed by atoms with Crippen LogP contribution >= 0.6 is 0 Å². The summed E-state index contributed by atoms with van der Waals surface area (Å²) in [7, 11) is 0. The average molecular weight is 270 g/mol. The summed E-state index contributed by atoms with van der Waals surface area (Å²) in [4.78, 5) is 36.2. The highest BCUT2D eigenvalue weighted by Crippen LogP contribution is 2.22. The van der Waals surface area contributed by atoms with Gasteiger partial charge in [0.05, 0.1) is 19.3 Å². The molecule has 2 fully saturated rings. The van der Waals surface area contributed by atoms with Crippen LogP contribution in [0.3, 0.4) is 0 Å². The molecular formula is C12H18N2O5. The lowest BCUT2D eigenvalue weighted by Crippen LogP contribution is -2.52. The Kier molecular flexibility index (Phi) is 4.04. The first-order chi connectivity index (χ1) is 9.04. The van der Waals surface area contributed by atoms with Gasteiger partial charge in [0.25, 0.3) is 0 Å². The third-order valence-electron chi connectivity index (χ3n) is 3.69. The van der Waals surface area contributed by atoms with E-state index < -0.39 is 24.0 Å². The van der Waals surface area contributed by atoms with E-state index in [0.29, 0.717) is 19.4 Å². The van der Waals surface area contributed by atoms with Crippen LogP contribution in [0.15, 0.2) is 0 Å². The number of nitrogens with zero attached hydrogens (tertiary/aromatic N) is 1. The van der Waals surface area contributed by atoms with E-state index in [9.17, 15) is 14.4 Å². The highest BCUT2D eigenvalue weighted by Gasteiger charge is 2.42. The third-order valence-corrected chi connectivity index (χ3v) is 3.69. The van der Waals surface area contributed by atoms with Crippen molar-refractivity contribution in [3.8, 4) is 0 Å². The number of hydrogen-bond acceptors (Lipinski definition) is 4. The minimum Gasteiger partial charge on any atom is -0.481 e. The second-order valence-corrected chi connectivity index (χ2v) is 4.83. The van der Waals surface area contributed by atoms with Crippen molar-refractivity contribution in [3.63, 3.8) is 0 Å². The maximum atomic E-state index is 12.3. The number of carbonyl (C=O) groups excluding carboxylic acids is 2. The topological polar surface area (TPSA) is 95.9 Å². The van der Waals surface area contributed by atoms with Gasteiger partial charge in [0.1, 0.15) is 12.0 Å². The maximum absolute atomic E-state index is 12.3. The zero-order valence-electron chi connectivity index (χ0n) is 10.8. The molecular weight excluding hydrogens is 252 g/mol. The first-order valence-electron chi connectivity index (χ1n) is 6.45. The first-order valence-corrected chi connectivity index (χ1v) is 6.45. The smallest absolute Gasteiger partial charge is 0.311 e. The Labute approximate surface area is 110 Å².